The standard InChI is InChI=1S/C11H15N5S2/c1-15-2-4-16(5-3-15)11-13-6-9(18-11)8-7-17-10(12)14-8/h6-7H,2-5H2,1H3,(H2,12,14). The molecule has 1 aliphatic rings. The van der Waals surface area contributed by atoms with Gasteiger partial charge >= 0.3 is 0 Å². The average Bonchev–Trinajstić information content (AvgIpc) is 2.98. The maximum absolute atomic E-state index is 5.66. The molecule has 1 aliphatic heterocycles. The van der Waals surface area contributed by atoms with Gasteiger partial charge in [-0.2, -0.15) is 0 Å². The predicted octanol–water partition coefficient (Wildman–Crippen LogP) is 1.60. The molecule has 7 heteroatoms. The Bertz CT molecular complexity index is 527. The highest BCUT2D eigenvalue weighted by Crippen LogP contribution is 2.32. The molecular weight excluding hydrogens is 266 g/mol. The van der Waals surface area contributed by atoms with Gasteiger partial charge in [0.15, 0.2) is 10.3 Å². The summed E-state index contributed by atoms with van der Waals surface area (Å²) in [5.41, 5.74) is 6.60. The summed E-state index contributed by atoms with van der Waals surface area (Å²) in [6, 6.07) is 0. The summed E-state index contributed by atoms with van der Waals surface area (Å²) in [5.74, 6) is 0. The Morgan fingerprint density at radius 3 is 2.72 bits per heavy atom. The molecule has 0 atom stereocenters. The van der Waals surface area contributed by atoms with Gasteiger partial charge in [-0.1, -0.05) is 11.3 Å². The van der Waals surface area contributed by atoms with Crippen molar-refractivity contribution >= 4 is 32.9 Å². The van der Waals surface area contributed by atoms with Gasteiger partial charge in [-0.05, 0) is 7.05 Å². The van der Waals surface area contributed by atoms with Gasteiger partial charge in [-0.3, -0.25) is 0 Å². The van der Waals surface area contributed by atoms with Crippen molar-refractivity contribution in [1.29, 1.82) is 0 Å². The molecule has 3 heterocycles. The first-order valence-corrected chi connectivity index (χ1v) is 7.53. The Hall–Kier alpha value is -1.18. The lowest BCUT2D eigenvalue weighted by molar-refractivity contribution is 0.313. The second kappa shape index (κ2) is 4.83. The minimum absolute atomic E-state index is 0.611. The van der Waals surface area contributed by atoms with Gasteiger partial charge in [-0.25, -0.2) is 9.97 Å². The number of nitrogen functional groups attached to an aromatic ring is 1. The highest BCUT2D eigenvalue weighted by atomic mass is 32.1. The van der Waals surface area contributed by atoms with Crippen LogP contribution in [0.15, 0.2) is 11.6 Å². The summed E-state index contributed by atoms with van der Waals surface area (Å²) in [4.78, 5) is 14.6. The van der Waals surface area contributed by atoms with Crippen LogP contribution < -0.4 is 10.6 Å². The van der Waals surface area contributed by atoms with E-state index < -0.39 is 0 Å². The molecule has 0 saturated carbocycles. The van der Waals surface area contributed by atoms with Crippen LogP contribution >= 0.6 is 22.7 Å². The van der Waals surface area contributed by atoms with Crippen molar-refractivity contribution in [3.8, 4) is 10.6 Å². The number of nitrogens with two attached hydrogens (primary N) is 1. The third-order valence-corrected chi connectivity index (χ3v) is 4.80. The van der Waals surface area contributed by atoms with Crippen molar-refractivity contribution in [3.05, 3.63) is 11.6 Å². The lowest BCUT2D eigenvalue weighted by Crippen LogP contribution is -2.44. The number of hydrogen-bond acceptors (Lipinski definition) is 7. The fourth-order valence-electron chi connectivity index (χ4n) is 1.93. The monoisotopic (exact) mass is 281 g/mol. The van der Waals surface area contributed by atoms with Gasteiger partial charge in [0.25, 0.3) is 0 Å². The zero-order valence-corrected chi connectivity index (χ0v) is 11.8. The second-order valence-electron chi connectivity index (χ2n) is 4.37. The first-order chi connectivity index (χ1) is 8.72. The van der Waals surface area contributed by atoms with Gasteiger partial charge in [0.05, 0.1) is 10.6 Å². The molecule has 0 amide bonds. The minimum Gasteiger partial charge on any atom is -0.375 e. The van der Waals surface area contributed by atoms with Crippen LogP contribution in [0.1, 0.15) is 0 Å². The van der Waals surface area contributed by atoms with E-state index in [0.717, 1.165) is 41.9 Å². The normalized spacial score (nSPS) is 17.3. The SMILES string of the molecule is CN1CCN(c2ncc(-c3csc(N)n3)s2)CC1. The molecule has 96 valence electrons. The smallest absolute Gasteiger partial charge is 0.185 e. The molecule has 2 aromatic heterocycles. The van der Waals surface area contributed by atoms with Crippen molar-refractivity contribution in [2.75, 3.05) is 43.9 Å². The van der Waals surface area contributed by atoms with Crippen molar-refractivity contribution in [1.82, 2.24) is 14.9 Å². The maximum Gasteiger partial charge on any atom is 0.185 e. The van der Waals surface area contributed by atoms with E-state index in [-0.39, 0.29) is 0 Å². The molecular formula is C11H15N5S2. The number of hydrogen-bond donors (Lipinski definition) is 1. The summed E-state index contributed by atoms with van der Waals surface area (Å²) in [7, 11) is 2.16. The van der Waals surface area contributed by atoms with Crippen LogP contribution in [0, 0.1) is 0 Å². The molecule has 2 N–H and O–H groups in total. The summed E-state index contributed by atoms with van der Waals surface area (Å²) in [6.07, 6.45) is 1.90. The van der Waals surface area contributed by atoms with E-state index in [4.69, 9.17) is 5.73 Å². The fourth-order valence-corrected chi connectivity index (χ4v) is 3.49. The Balaban J connectivity index is 1.77. The van der Waals surface area contributed by atoms with Crippen LogP contribution in [0.5, 0.6) is 0 Å². The van der Waals surface area contributed by atoms with Gasteiger partial charge in [0.1, 0.15) is 0 Å². The molecule has 0 unspecified atom stereocenters. The number of rotatable bonds is 2. The summed E-state index contributed by atoms with van der Waals surface area (Å²) in [5, 5.41) is 3.68. The molecule has 0 radical (unpaired) electrons. The number of nitrogens with zero attached hydrogens (tertiary/aromatic N) is 4. The first kappa shape index (κ1) is 11.9. The topological polar surface area (TPSA) is 58.3 Å². The van der Waals surface area contributed by atoms with E-state index in [1.165, 1.54) is 11.3 Å². The zero-order chi connectivity index (χ0) is 12.5. The summed E-state index contributed by atoms with van der Waals surface area (Å²) < 4.78 is 0. The predicted molar refractivity (Wildman–Crippen MR) is 77.3 cm³/mol. The number of anilines is 2. The van der Waals surface area contributed by atoms with E-state index in [0.29, 0.717) is 5.13 Å². The molecule has 0 bridgehead atoms. The zero-order valence-electron chi connectivity index (χ0n) is 10.2. The lowest BCUT2D eigenvalue weighted by atomic mass is 10.3. The molecule has 1 fully saturated rings. The van der Waals surface area contributed by atoms with Gasteiger partial charge in [-0.15, -0.1) is 11.3 Å². The van der Waals surface area contributed by atoms with E-state index in [1.807, 2.05) is 11.6 Å². The molecule has 5 nitrogen and oxygen atoms in total. The molecule has 0 aromatic carbocycles. The molecule has 0 spiro atoms. The quantitative estimate of drug-likeness (QED) is 0.906. The molecule has 18 heavy (non-hydrogen) atoms. The number of thiazole rings is 2. The Kier molecular flexibility index (Phi) is 3.19. The Morgan fingerprint density at radius 1 is 1.28 bits per heavy atom. The Labute approximate surface area is 114 Å². The highest BCUT2D eigenvalue weighted by Gasteiger charge is 2.17. The first-order valence-electron chi connectivity index (χ1n) is 5.83. The van der Waals surface area contributed by atoms with E-state index >= 15 is 0 Å². The third kappa shape index (κ3) is 2.33. The van der Waals surface area contributed by atoms with Crippen molar-refractivity contribution < 1.29 is 0 Å². The highest BCUT2D eigenvalue weighted by molar-refractivity contribution is 7.19. The largest absolute Gasteiger partial charge is 0.375 e. The van der Waals surface area contributed by atoms with Crippen LogP contribution in [-0.4, -0.2) is 48.1 Å². The molecule has 0 aliphatic carbocycles. The fraction of sp³-hybridized carbons (Fsp3) is 0.455. The number of piperazine rings is 1. The van der Waals surface area contributed by atoms with Crippen molar-refractivity contribution in [2.24, 2.45) is 0 Å². The van der Waals surface area contributed by atoms with Crippen LogP contribution in [0.3, 0.4) is 0 Å². The van der Waals surface area contributed by atoms with Gasteiger partial charge in [0, 0.05) is 37.8 Å². The van der Waals surface area contributed by atoms with Crippen LogP contribution in [-0.2, 0) is 0 Å². The summed E-state index contributed by atoms with van der Waals surface area (Å²) >= 11 is 3.16. The minimum atomic E-state index is 0.611. The second-order valence-corrected chi connectivity index (χ2v) is 6.27. The van der Waals surface area contributed by atoms with Gasteiger partial charge < -0.3 is 15.5 Å². The average molecular weight is 281 g/mol. The van der Waals surface area contributed by atoms with Crippen LogP contribution in [0.4, 0.5) is 10.3 Å². The summed E-state index contributed by atoms with van der Waals surface area (Å²) in [6.45, 7) is 4.28. The van der Waals surface area contributed by atoms with Crippen molar-refractivity contribution in [2.45, 2.75) is 0 Å². The molecule has 2 aromatic rings. The van der Waals surface area contributed by atoms with Crippen LogP contribution in [0.25, 0.3) is 10.6 Å². The number of likely N-dealkylation sites (N-methyl/N-ethyl adjacent to an activating group) is 1. The molecule has 1 saturated heterocycles. The molecule has 3 rings (SSSR count). The number of aromatic nitrogens is 2. The maximum atomic E-state index is 5.66. The van der Waals surface area contributed by atoms with E-state index in [1.54, 1.807) is 11.3 Å². The third-order valence-electron chi connectivity index (χ3n) is 3.04. The van der Waals surface area contributed by atoms with Crippen molar-refractivity contribution in [3.63, 3.8) is 0 Å². The lowest BCUT2D eigenvalue weighted by Gasteiger charge is -2.32. The van der Waals surface area contributed by atoms with E-state index in [2.05, 4.69) is 26.8 Å². The van der Waals surface area contributed by atoms with Crippen LogP contribution in [0.2, 0.25) is 0 Å². The van der Waals surface area contributed by atoms with Gasteiger partial charge in [0.2, 0.25) is 0 Å². The van der Waals surface area contributed by atoms with E-state index in [9.17, 15) is 0 Å². The Morgan fingerprint density at radius 2 is 2.06 bits per heavy atom.